The Kier molecular flexibility index (Phi) is 3.44. The number of carbonyl (C=O) groups excluding carboxylic acids is 1. The van der Waals surface area contributed by atoms with Crippen molar-refractivity contribution in [3.05, 3.63) is 36.3 Å². The molecule has 0 bridgehead atoms. The third-order valence-electron chi connectivity index (χ3n) is 4.59. The summed E-state index contributed by atoms with van der Waals surface area (Å²) in [5, 5.41) is 8.41. The van der Waals surface area contributed by atoms with Gasteiger partial charge in [-0.25, -0.2) is 0 Å². The summed E-state index contributed by atoms with van der Waals surface area (Å²) in [6.07, 6.45) is 9.01. The molecule has 2 fully saturated rings. The fourth-order valence-corrected chi connectivity index (χ4v) is 3.23. The van der Waals surface area contributed by atoms with Gasteiger partial charge in [0.1, 0.15) is 6.33 Å². The van der Waals surface area contributed by atoms with Gasteiger partial charge in [-0.3, -0.25) is 4.79 Å². The highest BCUT2D eigenvalue weighted by Crippen LogP contribution is 2.34. The van der Waals surface area contributed by atoms with Gasteiger partial charge >= 0.3 is 0 Å². The molecule has 2 aromatic rings. The topological polar surface area (TPSA) is 64.2 Å². The second kappa shape index (κ2) is 5.59. The quantitative estimate of drug-likeness (QED) is 0.870. The Balaban J connectivity index is 1.60. The molecule has 0 spiro atoms. The Morgan fingerprint density at radius 2 is 2.23 bits per heavy atom. The predicted molar refractivity (Wildman–Crippen MR) is 79.1 cm³/mol. The van der Waals surface area contributed by atoms with Gasteiger partial charge in [-0.2, -0.15) is 0 Å². The summed E-state index contributed by atoms with van der Waals surface area (Å²) in [4.78, 5) is 14.6. The lowest BCUT2D eigenvalue weighted by molar-refractivity contribution is 0.0561. The van der Waals surface area contributed by atoms with Crippen molar-refractivity contribution in [3.8, 4) is 0 Å². The number of piperidine rings is 1. The molecule has 2 aromatic heterocycles. The van der Waals surface area contributed by atoms with Gasteiger partial charge in [-0.15, -0.1) is 10.2 Å². The Hall–Kier alpha value is -2.11. The number of likely N-dealkylation sites (tertiary alicyclic amines) is 1. The van der Waals surface area contributed by atoms with Crippen LogP contribution in [0.3, 0.4) is 0 Å². The van der Waals surface area contributed by atoms with E-state index in [0.29, 0.717) is 5.76 Å². The average molecular weight is 300 g/mol. The van der Waals surface area contributed by atoms with Crippen LogP contribution >= 0.6 is 0 Å². The average Bonchev–Trinajstić information content (AvgIpc) is 3.03. The van der Waals surface area contributed by atoms with Gasteiger partial charge in [0.2, 0.25) is 0 Å². The maximum Gasteiger partial charge on any atom is 0.290 e. The van der Waals surface area contributed by atoms with E-state index in [1.165, 1.54) is 12.8 Å². The second-order valence-electron chi connectivity index (χ2n) is 6.27. The summed E-state index contributed by atoms with van der Waals surface area (Å²) in [6, 6.07) is 3.48. The summed E-state index contributed by atoms with van der Waals surface area (Å²) in [6.45, 7) is 1.72. The normalized spacial score (nSPS) is 22.0. The maximum absolute atomic E-state index is 12.7. The van der Waals surface area contributed by atoms with E-state index in [0.717, 1.165) is 44.1 Å². The number of furan rings is 1. The van der Waals surface area contributed by atoms with Crippen LogP contribution < -0.4 is 0 Å². The third kappa shape index (κ3) is 2.53. The van der Waals surface area contributed by atoms with E-state index in [-0.39, 0.29) is 11.9 Å². The second-order valence-corrected chi connectivity index (χ2v) is 6.27. The van der Waals surface area contributed by atoms with Gasteiger partial charge in [-0.1, -0.05) is 0 Å². The van der Waals surface area contributed by atoms with Gasteiger partial charge in [0.25, 0.3) is 5.91 Å². The molecule has 0 unspecified atom stereocenters. The lowest BCUT2D eigenvalue weighted by Gasteiger charge is -2.34. The molecule has 0 N–H and O–H groups in total. The minimum absolute atomic E-state index is 0.00704. The van der Waals surface area contributed by atoms with Crippen LogP contribution in [0.5, 0.6) is 0 Å². The van der Waals surface area contributed by atoms with Crippen molar-refractivity contribution in [2.45, 2.75) is 44.7 Å². The van der Waals surface area contributed by atoms with Gasteiger partial charge in [0.05, 0.1) is 12.3 Å². The van der Waals surface area contributed by atoms with Crippen molar-refractivity contribution in [3.63, 3.8) is 0 Å². The molecule has 6 nitrogen and oxygen atoms in total. The van der Waals surface area contributed by atoms with E-state index < -0.39 is 0 Å². The van der Waals surface area contributed by atoms with Gasteiger partial charge in [0, 0.05) is 13.1 Å². The van der Waals surface area contributed by atoms with Crippen LogP contribution in [-0.4, -0.2) is 32.1 Å². The van der Waals surface area contributed by atoms with Crippen LogP contribution in [-0.2, 0) is 6.54 Å². The highest BCUT2D eigenvalue weighted by molar-refractivity contribution is 5.91. The number of hydrogen-bond acceptors (Lipinski definition) is 4. The van der Waals surface area contributed by atoms with Crippen LogP contribution in [0.2, 0.25) is 0 Å². The monoisotopic (exact) mass is 300 g/mol. The molecule has 6 heteroatoms. The molecule has 1 saturated heterocycles. The van der Waals surface area contributed by atoms with Crippen LogP contribution in [0.25, 0.3) is 0 Å². The summed E-state index contributed by atoms with van der Waals surface area (Å²) in [5.41, 5.74) is 0. The summed E-state index contributed by atoms with van der Waals surface area (Å²) in [7, 11) is 0. The van der Waals surface area contributed by atoms with Crippen molar-refractivity contribution in [1.82, 2.24) is 19.7 Å². The first-order valence-electron chi connectivity index (χ1n) is 8.05. The first kappa shape index (κ1) is 13.5. The fraction of sp³-hybridized carbons (Fsp3) is 0.562. The molecule has 22 heavy (non-hydrogen) atoms. The van der Waals surface area contributed by atoms with E-state index in [1.54, 1.807) is 24.7 Å². The molecule has 0 aromatic carbocycles. The van der Waals surface area contributed by atoms with Gasteiger partial charge in [-0.05, 0) is 50.2 Å². The molecule has 1 aliphatic heterocycles. The summed E-state index contributed by atoms with van der Waals surface area (Å²) < 4.78 is 7.42. The Bertz CT molecular complexity index is 645. The highest BCUT2D eigenvalue weighted by atomic mass is 16.3. The number of aromatic nitrogens is 3. The zero-order chi connectivity index (χ0) is 14.9. The Labute approximate surface area is 129 Å². The van der Waals surface area contributed by atoms with E-state index in [2.05, 4.69) is 14.8 Å². The highest BCUT2D eigenvalue weighted by Gasteiger charge is 2.34. The molecule has 3 heterocycles. The minimum atomic E-state index is -0.0457. The standard InChI is InChI=1S/C16H20N4O2/c21-16(14-5-3-9-22-14)20-8-2-1-4-13(20)15-18-17-11-19(15)10-12-6-7-12/h3,5,9,11-13H,1-2,4,6-8,10H2/t13-/m1/s1. The van der Waals surface area contributed by atoms with Crippen LogP contribution in [0.1, 0.15) is 54.5 Å². The molecule has 1 atom stereocenters. The van der Waals surface area contributed by atoms with E-state index in [9.17, 15) is 4.79 Å². The van der Waals surface area contributed by atoms with E-state index in [4.69, 9.17) is 4.42 Å². The van der Waals surface area contributed by atoms with Crippen molar-refractivity contribution in [2.75, 3.05) is 6.54 Å². The lowest BCUT2D eigenvalue weighted by atomic mass is 10.0. The molecule has 1 saturated carbocycles. The van der Waals surface area contributed by atoms with Gasteiger partial charge in [0.15, 0.2) is 11.6 Å². The van der Waals surface area contributed by atoms with Crippen molar-refractivity contribution < 1.29 is 9.21 Å². The summed E-state index contributed by atoms with van der Waals surface area (Å²) in [5.74, 6) is 2.04. The van der Waals surface area contributed by atoms with Gasteiger partial charge < -0.3 is 13.9 Å². The van der Waals surface area contributed by atoms with Crippen LogP contribution in [0, 0.1) is 5.92 Å². The Morgan fingerprint density at radius 3 is 3.00 bits per heavy atom. The van der Waals surface area contributed by atoms with Crippen LogP contribution in [0.15, 0.2) is 29.1 Å². The number of hydrogen-bond donors (Lipinski definition) is 0. The molecule has 1 aliphatic carbocycles. The van der Waals surface area contributed by atoms with E-state index in [1.807, 2.05) is 4.90 Å². The number of amides is 1. The smallest absolute Gasteiger partial charge is 0.290 e. The zero-order valence-corrected chi connectivity index (χ0v) is 12.5. The third-order valence-corrected chi connectivity index (χ3v) is 4.59. The first-order chi connectivity index (χ1) is 10.8. The molecule has 4 rings (SSSR count). The maximum atomic E-state index is 12.7. The molecule has 0 radical (unpaired) electrons. The van der Waals surface area contributed by atoms with Crippen molar-refractivity contribution in [1.29, 1.82) is 0 Å². The summed E-state index contributed by atoms with van der Waals surface area (Å²) >= 11 is 0. The van der Waals surface area contributed by atoms with E-state index >= 15 is 0 Å². The minimum Gasteiger partial charge on any atom is -0.459 e. The lowest BCUT2D eigenvalue weighted by Crippen LogP contribution is -2.39. The zero-order valence-electron chi connectivity index (χ0n) is 12.5. The number of nitrogens with zero attached hydrogens (tertiary/aromatic N) is 4. The fourth-order valence-electron chi connectivity index (χ4n) is 3.23. The van der Waals surface area contributed by atoms with Crippen molar-refractivity contribution >= 4 is 5.91 Å². The number of carbonyl (C=O) groups is 1. The molecule has 1 amide bonds. The molecule has 116 valence electrons. The molecular weight excluding hydrogens is 280 g/mol. The largest absolute Gasteiger partial charge is 0.459 e. The number of rotatable bonds is 4. The van der Waals surface area contributed by atoms with Crippen LogP contribution in [0.4, 0.5) is 0 Å². The first-order valence-corrected chi connectivity index (χ1v) is 8.05. The predicted octanol–water partition coefficient (Wildman–Crippen LogP) is 2.65. The van der Waals surface area contributed by atoms with Crippen molar-refractivity contribution in [2.24, 2.45) is 5.92 Å². The molecular formula is C16H20N4O2. The molecule has 2 aliphatic rings. The Morgan fingerprint density at radius 1 is 1.32 bits per heavy atom. The SMILES string of the molecule is O=C(c1ccco1)N1CCCC[C@@H]1c1nncn1CC1CC1.